The Morgan fingerprint density at radius 1 is 1.12 bits per heavy atom. The van der Waals surface area contributed by atoms with Gasteiger partial charge in [0.1, 0.15) is 5.75 Å². The fourth-order valence-electron chi connectivity index (χ4n) is 2.16. The summed E-state index contributed by atoms with van der Waals surface area (Å²) in [5.74, 6) is 0.870. The second kappa shape index (κ2) is 8.10. The number of carbonyl (C=O) groups is 1. The van der Waals surface area contributed by atoms with E-state index < -0.39 is 5.97 Å². The molecule has 0 fully saturated rings. The third-order valence-corrected chi connectivity index (χ3v) is 3.37. The molecule has 0 unspecified atom stereocenters. The van der Waals surface area contributed by atoms with E-state index in [2.05, 4.69) is 10.1 Å². The minimum absolute atomic E-state index is 0.0846. The molecule has 6 heteroatoms. The molecule has 2 aromatic carbocycles. The van der Waals surface area contributed by atoms with Gasteiger partial charge in [-0.1, -0.05) is 48.5 Å². The summed E-state index contributed by atoms with van der Waals surface area (Å²) in [5.41, 5.74) is 1.25. The van der Waals surface area contributed by atoms with Crippen LogP contribution in [0.1, 0.15) is 29.6 Å². The number of hydrogen-bond acceptors (Lipinski definition) is 6. The van der Waals surface area contributed by atoms with Gasteiger partial charge in [-0.05, 0) is 24.6 Å². The normalized spacial score (nSPS) is 10.4. The molecule has 3 rings (SSSR count). The van der Waals surface area contributed by atoms with Gasteiger partial charge in [0.25, 0.3) is 5.89 Å². The molecule has 0 amide bonds. The van der Waals surface area contributed by atoms with E-state index in [1.54, 1.807) is 24.3 Å². The van der Waals surface area contributed by atoms with Crippen molar-refractivity contribution < 1.29 is 18.8 Å². The van der Waals surface area contributed by atoms with Crippen molar-refractivity contribution in [3.63, 3.8) is 0 Å². The van der Waals surface area contributed by atoms with E-state index >= 15 is 0 Å². The third-order valence-electron chi connectivity index (χ3n) is 3.37. The van der Waals surface area contributed by atoms with Crippen molar-refractivity contribution in [1.29, 1.82) is 0 Å². The highest BCUT2D eigenvalue weighted by Crippen LogP contribution is 2.17. The quantitative estimate of drug-likeness (QED) is 0.609. The highest BCUT2D eigenvalue weighted by molar-refractivity contribution is 5.89. The van der Waals surface area contributed by atoms with E-state index in [9.17, 15) is 4.79 Å². The van der Waals surface area contributed by atoms with Crippen LogP contribution in [-0.4, -0.2) is 22.7 Å². The van der Waals surface area contributed by atoms with Gasteiger partial charge < -0.3 is 14.0 Å². The molecule has 0 aliphatic rings. The molecule has 0 spiro atoms. The van der Waals surface area contributed by atoms with Gasteiger partial charge in [-0.3, -0.25) is 0 Å². The number of esters is 1. The van der Waals surface area contributed by atoms with Crippen LogP contribution in [0, 0.1) is 0 Å². The minimum atomic E-state index is -0.471. The molecular formula is C19H18N2O4. The first-order valence-electron chi connectivity index (χ1n) is 8.04. The Labute approximate surface area is 145 Å². The van der Waals surface area contributed by atoms with Crippen LogP contribution in [0.2, 0.25) is 0 Å². The SMILES string of the molecule is CCCOc1cccc(C(=O)OCc2nc(-c3ccccc3)no2)c1. The van der Waals surface area contributed by atoms with Gasteiger partial charge in [-0.2, -0.15) is 4.98 Å². The zero-order valence-electron chi connectivity index (χ0n) is 13.8. The topological polar surface area (TPSA) is 74.5 Å². The molecule has 6 nitrogen and oxygen atoms in total. The van der Waals surface area contributed by atoms with E-state index in [4.69, 9.17) is 14.0 Å². The highest BCUT2D eigenvalue weighted by Gasteiger charge is 2.13. The molecular weight excluding hydrogens is 320 g/mol. The summed E-state index contributed by atoms with van der Waals surface area (Å²) in [4.78, 5) is 16.4. The summed E-state index contributed by atoms with van der Waals surface area (Å²) in [6, 6.07) is 16.3. The standard InChI is InChI=1S/C19H18N2O4/c1-2-11-23-16-10-6-9-15(12-16)19(22)24-13-17-20-18(21-25-17)14-7-4-3-5-8-14/h3-10,12H,2,11,13H2,1H3. The van der Waals surface area contributed by atoms with Crippen LogP contribution >= 0.6 is 0 Å². The van der Waals surface area contributed by atoms with Crippen LogP contribution in [0.4, 0.5) is 0 Å². The van der Waals surface area contributed by atoms with E-state index in [0.29, 0.717) is 23.7 Å². The summed E-state index contributed by atoms with van der Waals surface area (Å²) in [6.07, 6.45) is 0.898. The minimum Gasteiger partial charge on any atom is -0.494 e. The average Bonchev–Trinajstić information content (AvgIpc) is 3.14. The zero-order chi connectivity index (χ0) is 17.5. The summed E-state index contributed by atoms with van der Waals surface area (Å²) < 4.78 is 15.9. The number of hydrogen-bond donors (Lipinski definition) is 0. The predicted molar refractivity (Wildman–Crippen MR) is 91.1 cm³/mol. The maximum absolute atomic E-state index is 12.2. The number of rotatable bonds is 7. The number of ether oxygens (including phenoxy) is 2. The van der Waals surface area contributed by atoms with Crippen LogP contribution in [0.15, 0.2) is 59.1 Å². The van der Waals surface area contributed by atoms with Crippen LogP contribution in [0.25, 0.3) is 11.4 Å². The van der Waals surface area contributed by atoms with E-state index in [-0.39, 0.29) is 12.5 Å². The van der Waals surface area contributed by atoms with Crippen LogP contribution in [0.3, 0.4) is 0 Å². The summed E-state index contributed by atoms with van der Waals surface area (Å²) in [7, 11) is 0. The molecule has 0 saturated carbocycles. The van der Waals surface area contributed by atoms with Crippen LogP contribution in [0.5, 0.6) is 5.75 Å². The lowest BCUT2D eigenvalue weighted by atomic mass is 10.2. The second-order valence-corrected chi connectivity index (χ2v) is 5.33. The summed E-state index contributed by atoms with van der Waals surface area (Å²) in [6.45, 7) is 2.54. The Bertz CT molecular complexity index is 830. The van der Waals surface area contributed by atoms with Gasteiger partial charge in [-0.25, -0.2) is 4.79 Å². The highest BCUT2D eigenvalue weighted by atomic mass is 16.6. The molecule has 0 aliphatic heterocycles. The smallest absolute Gasteiger partial charge is 0.338 e. The van der Waals surface area contributed by atoms with E-state index in [1.165, 1.54) is 0 Å². The predicted octanol–water partition coefficient (Wildman–Crippen LogP) is 3.88. The van der Waals surface area contributed by atoms with Crippen LogP contribution in [-0.2, 0) is 11.3 Å². The fourth-order valence-corrected chi connectivity index (χ4v) is 2.16. The first-order chi connectivity index (χ1) is 12.3. The first-order valence-corrected chi connectivity index (χ1v) is 8.04. The van der Waals surface area contributed by atoms with Crippen molar-refractivity contribution in [2.24, 2.45) is 0 Å². The van der Waals surface area contributed by atoms with Gasteiger partial charge in [-0.15, -0.1) is 0 Å². The number of nitrogens with zero attached hydrogens (tertiary/aromatic N) is 2. The fraction of sp³-hybridized carbons (Fsp3) is 0.211. The number of aromatic nitrogens is 2. The monoisotopic (exact) mass is 338 g/mol. The van der Waals surface area contributed by atoms with Crippen molar-refractivity contribution in [2.45, 2.75) is 20.0 Å². The molecule has 1 heterocycles. The maximum atomic E-state index is 12.2. The molecule has 0 atom stereocenters. The molecule has 0 N–H and O–H groups in total. The summed E-state index contributed by atoms with van der Waals surface area (Å²) >= 11 is 0. The largest absolute Gasteiger partial charge is 0.494 e. The average molecular weight is 338 g/mol. The Morgan fingerprint density at radius 2 is 1.96 bits per heavy atom. The van der Waals surface area contributed by atoms with Gasteiger partial charge in [0.2, 0.25) is 5.82 Å². The Hall–Kier alpha value is -3.15. The Morgan fingerprint density at radius 3 is 2.76 bits per heavy atom. The van der Waals surface area contributed by atoms with Crippen LogP contribution < -0.4 is 4.74 Å². The van der Waals surface area contributed by atoms with Crippen molar-refractivity contribution in [3.8, 4) is 17.1 Å². The van der Waals surface area contributed by atoms with Gasteiger partial charge >= 0.3 is 5.97 Å². The van der Waals surface area contributed by atoms with Crippen molar-refractivity contribution in [3.05, 3.63) is 66.1 Å². The van der Waals surface area contributed by atoms with Crippen molar-refractivity contribution >= 4 is 5.97 Å². The molecule has 0 aliphatic carbocycles. The number of carbonyl (C=O) groups excluding carboxylic acids is 1. The molecule has 128 valence electrons. The zero-order valence-corrected chi connectivity index (χ0v) is 13.8. The van der Waals surface area contributed by atoms with Gasteiger partial charge in [0.15, 0.2) is 6.61 Å². The third kappa shape index (κ3) is 4.44. The lowest BCUT2D eigenvalue weighted by molar-refractivity contribution is 0.0429. The molecule has 3 aromatic rings. The lowest BCUT2D eigenvalue weighted by Crippen LogP contribution is -2.06. The van der Waals surface area contributed by atoms with Crippen molar-refractivity contribution in [1.82, 2.24) is 10.1 Å². The molecule has 0 bridgehead atoms. The van der Waals surface area contributed by atoms with Crippen molar-refractivity contribution in [2.75, 3.05) is 6.61 Å². The Balaban J connectivity index is 1.60. The van der Waals surface area contributed by atoms with Gasteiger partial charge in [0.05, 0.1) is 12.2 Å². The summed E-state index contributed by atoms with van der Waals surface area (Å²) in [5, 5.41) is 3.89. The maximum Gasteiger partial charge on any atom is 0.338 e. The number of benzene rings is 2. The molecule has 25 heavy (non-hydrogen) atoms. The second-order valence-electron chi connectivity index (χ2n) is 5.33. The van der Waals surface area contributed by atoms with E-state index in [0.717, 1.165) is 12.0 Å². The molecule has 1 aromatic heterocycles. The van der Waals surface area contributed by atoms with E-state index in [1.807, 2.05) is 37.3 Å². The lowest BCUT2D eigenvalue weighted by Gasteiger charge is -2.06. The first kappa shape index (κ1) is 16.7. The molecule has 0 saturated heterocycles. The molecule has 0 radical (unpaired) electrons. The Kier molecular flexibility index (Phi) is 5.41. The van der Waals surface area contributed by atoms with Gasteiger partial charge in [0, 0.05) is 5.56 Å².